The molecule has 0 saturated carbocycles. The lowest BCUT2D eigenvalue weighted by atomic mass is 10.4. The summed E-state index contributed by atoms with van der Waals surface area (Å²) in [5, 5.41) is 16.9. The van der Waals surface area contributed by atoms with Gasteiger partial charge in [-0.05, 0) is 18.2 Å². The van der Waals surface area contributed by atoms with Crippen LogP contribution < -0.4 is 0 Å². The minimum atomic E-state index is -0.979. The number of carbonyl (C=O) groups is 1. The summed E-state index contributed by atoms with van der Waals surface area (Å²) >= 11 is 0. The molecular weight excluding hydrogens is 220 g/mol. The molecule has 17 heavy (non-hydrogen) atoms. The van der Waals surface area contributed by atoms with Crippen molar-refractivity contribution < 1.29 is 9.90 Å². The molecule has 6 nitrogen and oxygen atoms in total. The van der Waals surface area contributed by atoms with Gasteiger partial charge in [0, 0.05) is 26.5 Å². The highest BCUT2D eigenvalue weighted by Gasteiger charge is 2.09. The van der Waals surface area contributed by atoms with Gasteiger partial charge in [0.1, 0.15) is 11.4 Å². The monoisotopic (exact) mass is 232 g/mol. The van der Waals surface area contributed by atoms with E-state index < -0.39 is 5.97 Å². The Kier molecular flexibility index (Phi) is 2.78. The maximum atomic E-state index is 10.8. The van der Waals surface area contributed by atoms with Crippen LogP contribution in [0.1, 0.15) is 10.5 Å². The maximum absolute atomic E-state index is 10.8. The van der Waals surface area contributed by atoms with Crippen molar-refractivity contribution in [3.63, 3.8) is 0 Å². The van der Waals surface area contributed by atoms with Crippen LogP contribution in [0.4, 0.5) is 11.5 Å². The van der Waals surface area contributed by atoms with Crippen molar-refractivity contribution >= 4 is 17.5 Å². The summed E-state index contributed by atoms with van der Waals surface area (Å²) in [4.78, 5) is 10.8. The van der Waals surface area contributed by atoms with Crippen LogP contribution in [0.15, 0.2) is 40.8 Å². The Balaban J connectivity index is 2.25. The van der Waals surface area contributed by atoms with Crippen LogP contribution in [0.5, 0.6) is 0 Å². The van der Waals surface area contributed by atoms with Gasteiger partial charge in [-0.25, -0.2) is 4.79 Å². The molecule has 0 amide bonds. The van der Waals surface area contributed by atoms with Crippen LogP contribution >= 0.6 is 0 Å². The number of rotatable bonds is 3. The van der Waals surface area contributed by atoms with Gasteiger partial charge in [0.2, 0.25) is 0 Å². The molecule has 2 rings (SSSR count). The van der Waals surface area contributed by atoms with E-state index in [1.165, 1.54) is 10.6 Å². The van der Waals surface area contributed by atoms with Gasteiger partial charge in [-0.3, -0.25) is 0 Å². The molecule has 0 saturated heterocycles. The number of aromatic carboxylic acids is 1. The zero-order chi connectivity index (χ0) is 12.4. The molecule has 0 aliphatic rings. The van der Waals surface area contributed by atoms with Crippen molar-refractivity contribution in [2.75, 3.05) is 0 Å². The first-order valence-electron chi connectivity index (χ1n) is 5.00. The SMILES string of the molecule is Cn1cccc1/N=N/c1cc(C(=O)O)n(C)c1. The van der Waals surface area contributed by atoms with Gasteiger partial charge in [-0.2, -0.15) is 0 Å². The van der Waals surface area contributed by atoms with Crippen LogP contribution in [-0.4, -0.2) is 20.2 Å². The topological polar surface area (TPSA) is 71.9 Å². The predicted octanol–water partition coefficient (Wildman–Crippen LogP) is 2.48. The van der Waals surface area contributed by atoms with E-state index in [1.54, 1.807) is 13.2 Å². The van der Waals surface area contributed by atoms with Crippen LogP contribution in [0.2, 0.25) is 0 Å². The zero-order valence-corrected chi connectivity index (χ0v) is 9.53. The third-order valence-electron chi connectivity index (χ3n) is 2.39. The van der Waals surface area contributed by atoms with Crippen LogP contribution in [-0.2, 0) is 14.1 Å². The molecule has 0 unspecified atom stereocenters. The number of aromatic nitrogens is 2. The number of hydrogen-bond acceptors (Lipinski definition) is 3. The minimum Gasteiger partial charge on any atom is -0.477 e. The van der Waals surface area contributed by atoms with Crippen molar-refractivity contribution in [2.24, 2.45) is 24.3 Å². The second-order valence-electron chi connectivity index (χ2n) is 3.68. The number of aryl methyl sites for hydroxylation is 2. The number of carboxylic acid groups (broad SMARTS) is 1. The average Bonchev–Trinajstić information content (AvgIpc) is 2.82. The lowest BCUT2D eigenvalue weighted by molar-refractivity contribution is 0.0686. The first-order valence-corrected chi connectivity index (χ1v) is 5.00. The fraction of sp³-hybridized carbons (Fsp3) is 0.182. The van der Waals surface area contributed by atoms with E-state index >= 15 is 0 Å². The highest BCUT2D eigenvalue weighted by atomic mass is 16.4. The van der Waals surface area contributed by atoms with Gasteiger partial charge in [0.25, 0.3) is 0 Å². The van der Waals surface area contributed by atoms with E-state index in [4.69, 9.17) is 5.11 Å². The maximum Gasteiger partial charge on any atom is 0.352 e. The van der Waals surface area contributed by atoms with Crippen molar-refractivity contribution in [2.45, 2.75) is 0 Å². The first-order chi connectivity index (χ1) is 8.08. The average molecular weight is 232 g/mol. The van der Waals surface area contributed by atoms with Gasteiger partial charge < -0.3 is 14.2 Å². The number of nitrogens with zero attached hydrogens (tertiary/aromatic N) is 4. The molecule has 0 bridgehead atoms. The summed E-state index contributed by atoms with van der Waals surface area (Å²) < 4.78 is 3.33. The van der Waals surface area contributed by atoms with E-state index in [1.807, 2.05) is 29.9 Å². The Morgan fingerprint density at radius 1 is 1.29 bits per heavy atom. The van der Waals surface area contributed by atoms with Crippen LogP contribution in [0.3, 0.4) is 0 Å². The molecule has 88 valence electrons. The molecule has 2 aromatic rings. The van der Waals surface area contributed by atoms with Crippen molar-refractivity contribution in [3.8, 4) is 0 Å². The summed E-state index contributed by atoms with van der Waals surface area (Å²) in [7, 11) is 3.52. The van der Waals surface area contributed by atoms with Crippen LogP contribution in [0.25, 0.3) is 0 Å². The Bertz CT molecular complexity index is 580. The Morgan fingerprint density at radius 2 is 2.06 bits per heavy atom. The second-order valence-corrected chi connectivity index (χ2v) is 3.68. The van der Waals surface area contributed by atoms with Gasteiger partial charge in [0.15, 0.2) is 5.82 Å². The summed E-state index contributed by atoms with van der Waals surface area (Å²) in [6.07, 6.45) is 3.48. The summed E-state index contributed by atoms with van der Waals surface area (Å²) in [6, 6.07) is 5.17. The Hall–Kier alpha value is -2.37. The third-order valence-corrected chi connectivity index (χ3v) is 2.39. The van der Waals surface area contributed by atoms with Gasteiger partial charge in [0.05, 0.1) is 0 Å². The molecule has 0 atom stereocenters. The molecule has 1 N–H and O–H groups in total. The second kappa shape index (κ2) is 4.25. The first kappa shape index (κ1) is 11.1. The minimum absolute atomic E-state index is 0.186. The van der Waals surface area contributed by atoms with E-state index in [9.17, 15) is 4.79 Å². The van der Waals surface area contributed by atoms with Crippen molar-refractivity contribution in [1.82, 2.24) is 9.13 Å². The summed E-state index contributed by atoms with van der Waals surface area (Å²) in [5.41, 5.74) is 0.705. The number of hydrogen-bond donors (Lipinski definition) is 1. The Labute approximate surface area is 97.8 Å². The van der Waals surface area contributed by atoms with Gasteiger partial charge in [-0.15, -0.1) is 10.2 Å². The van der Waals surface area contributed by atoms with Crippen LogP contribution in [0, 0.1) is 0 Å². The molecule has 6 heteroatoms. The third kappa shape index (κ3) is 2.25. The number of carboxylic acids is 1. The molecule has 0 aliphatic heterocycles. The summed E-state index contributed by atoms with van der Waals surface area (Å²) in [6.45, 7) is 0. The largest absolute Gasteiger partial charge is 0.477 e. The zero-order valence-electron chi connectivity index (χ0n) is 9.53. The fourth-order valence-corrected chi connectivity index (χ4v) is 1.48. The quantitative estimate of drug-likeness (QED) is 0.825. The molecule has 0 aliphatic carbocycles. The lowest BCUT2D eigenvalue weighted by Gasteiger charge is -1.93. The van der Waals surface area contributed by atoms with Gasteiger partial charge >= 0.3 is 5.97 Å². The Morgan fingerprint density at radius 3 is 2.59 bits per heavy atom. The van der Waals surface area contributed by atoms with E-state index in [0.29, 0.717) is 11.5 Å². The van der Waals surface area contributed by atoms with Crippen molar-refractivity contribution in [3.05, 3.63) is 36.3 Å². The predicted molar refractivity (Wildman–Crippen MR) is 62.0 cm³/mol. The molecule has 0 aromatic carbocycles. The molecule has 0 spiro atoms. The van der Waals surface area contributed by atoms with E-state index in [0.717, 1.165) is 0 Å². The molecule has 2 aromatic heterocycles. The molecule has 2 heterocycles. The van der Waals surface area contributed by atoms with E-state index in [-0.39, 0.29) is 5.69 Å². The number of azo groups is 1. The highest BCUT2D eigenvalue weighted by Crippen LogP contribution is 2.20. The molecule has 0 radical (unpaired) electrons. The molecular formula is C11H12N4O2. The lowest BCUT2D eigenvalue weighted by Crippen LogP contribution is -2.02. The van der Waals surface area contributed by atoms with Crippen molar-refractivity contribution in [1.29, 1.82) is 0 Å². The summed E-state index contributed by atoms with van der Waals surface area (Å²) in [5.74, 6) is -0.265. The normalized spacial score (nSPS) is 11.2. The highest BCUT2D eigenvalue weighted by molar-refractivity contribution is 5.87. The molecule has 0 fully saturated rings. The smallest absolute Gasteiger partial charge is 0.352 e. The fourth-order valence-electron chi connectivity index (χ4n) is 1.48. The van der Waals surface area contributed by atoms with Gasteiger partial charge in [-0.1, -0.05) is 0 Å². The van der Waals surface area contributed by atoms with E-state index in [2.05, 4.69) is 10.2 Å². The standard InChI is InChI=1S/C11H12N4O2/c1-14-5-3-4-10(14)13-12-8-6-9(11(16)17)15(2)7-8/h3-7H,1-2H3,(H,16,17)/b13-12+.